The number of alkyl halides is 3. The Bertz CT molecular complexity index is 1500. The number of carbonyl (C=O) groups is 1. The van der Waals surface area contributed by atoms with Gasteiger partial charge in [-0.25, -0.2) is 9.97 Å². The molecule has 0 spiro atoms. The van der Waals surface area contributed by atoms with E-state index in [0.29, 0.717) is 55.4 Å². The van der Waals surface area contributed by atoms with E-state index in [1.807, 2.05) is 11.8 Å². The number of oxazole rings is 1. The van der Waals surface area contributed by atoms with Crippen molar-refractivity contribution in [3.63, 3.8) is 0 Å². The molecule has 0 aromatic carbocycles. The topological polar surface area (TPSA) is 115 Å². The van der Waals surface area contributed by atoms with E-state index in [9.17, 15) is 22.8 Å². The first-order valence-electron chi connectivity index (χ1n) is 13.5. The summed E-state index contributed by atoms with van der Waals surface area (Å²) in [6, 6.07) is 2.78. The van der Waals surface area contributed by atoms with Gasteiger partial charge < -0.3 is 29.3 Å². The minimum absolute atomic E-state index is 0.0535. The molecular weight excluding hydrogens is 529 g/mol. The molecule has 3 saturated carbocycles. The van der Waals surface area contributed by atoms with Crippen LogP contribution in [-0.2, 0) is 17.8 Å². The molecule has 0 unspecified atom stereocenters. The van der Waals surface area contributed by atoms with Crippen LogP contribution in [0.15, 0.2) is 27.5 Å². The van der Waals surface area contributed by atoms with Gasteiger partial charge in [0, 0.05) is 55.7 Å². The first kappa shape index (κ1) is 26.6. The Morgan fingerprint density at radius 3 is 2.67 bits per heavy atom. The Kier molecular flexibility index (Phi) is 6.51. The van der Waals surface area contributed by atoms with Crippen molar-refractivity contribution >= 4 is 22.8 Å². The third-order valence-electron chi connectivity index (χ3n) is 8.58. The number of rotatable bonds is 7. The zero-order valence-electron chi connectivity index (χ0n) is 22.3. The molecule has 4 aliphatic rings. The van der Waals surface area contributed by atoms with Gasteiger partial charge in [0.1, 0.15) is 12.2 Å². The molecule has 13 heteroatoms. The number of ether oxygens (including phenoxy) is 1. The maximum Gasteiger partial charge on any atom is 0.394 e. The number of piperazine rings is 1. The number of anilines is 1. The zero-order chi connectivity index (χ0) is 28.2. The highest BCUT2D eigenvalue weighted by atomic mass is 19.4. The SMILES string of the molecule is CCc1c(N2CCNCC2)c(=O)c2nc(-c3ccnc(OC)c3)oc2n1CC(=O)N[C@H]1CC2(C(F)(F)F)CC1C2. The number of amides is 1. The van der Waals surface area contributed by atoms with Crippen LogP contribution in [0.1, 0.15) is 31.9 Å². The van der Waals surface area contributed by atoms with Crippen LogP contribution in [0, 0.1) is 11.3 Å². The van der Waals surface area contributed by atoms with Crippen LogP contribution in [0.25, 0.3) is 22.7 Å². The van der Waals surface area contributed by atoms with Crippen LogP contribution in [0.4, 0.5) is 18.9 Å². The highest BCUT2D eigenvalue weighted by Gasteiger charge is 2.69. The van der Waals surface area contributed by atoms with Crippen LogP contribution in [0.3, 0.4) is 0 Å². The first-order valence-corrected chi connectivity index (χ1v) is 13.5. The summed E-state index contributed by atoms with van der Waals surface area (Å²) in [7, 11) is 1.48. The summed E-state index contributed by atoms with van der Waals surface area (Å²) in [5.41, 5.74) is -0.112. The Balaban J connectivity index is 1.39. The van der Waals surface area contributed by atoms with Crippen LogP contribution in [0.2, 0.25) is 0 Å². The van der Waals surface area contributed by atoms with Gasteiger partial charge in [-0.2, -0.15) is 13.2 Å². The summed E-state index contributed by atoms with van der Waals surface area (Å²) in [5.74, 6) is -0.0913. The zero-order valence-corrected chi connectivity index (χ0v) is 22.3. The van der Waals surface area contributed by atoms with Gasteiger partial charge in [-0.05, 0) is 37.7 Å². The fourth-order valence-electron chi connectivity index (χ4n) is 6.55. The molecule has 7 rings (SSSR count). The fourth-order valence-corrected chi connectivity index (χ4v) is 6.55. The molecule has 3 aromatic heterocycles. The van der Waals surface area contributed by atoms with Crippen molar-refractivity contribution in [1.82, 2.24) is 25.2 Å². The number of hydrogen-bond acceptors (Lipinski definition) is 8. The predicted octanol–water partition coefficient (Wildman–Crippen LogP) is 2.88. The van der Waals surface area contributed by atoms with Gasteiger partial charge in [0.05, 0.1) is 12.5 Å². The molecule has 40 heavy (non-hydrogen) atoms. The standard InChI is InChI=1S/C27H31F3N6O4/c1-3-18-22(35-8-6-31-7-9-35)23(38)21-25(40-24(34-21)15-4-5-32-20(10-15)39-2)36(18)14-19(37)33-17-13-26(27(28,29)30)11-16(17)12-26/h4-5,10,16-17,31H,3,6-9,11-14H2,1-2H3,(H,33,37)/t16?,17-,26?/m0/s1. The van der Waals surface area contributed by atoms with Crippen LogP contribution >= 0.6 is 0 Å². The Hall–Kier alpha value is -3.61. The van der Waals surface area contributed by atoms with Gasteiger partial charge in [-0.15, -0.1) is 0 Å². The van der Waals surface area contributed by atoms with Gasteiger partial charge in [0.25, 0.3) is 0 Å². The summed E-state index contributed by atoms with van der Waals surface area (Å²) in [6.07, 6.45) is -2.30. The van der Waals surface area contributed by atoms with E-state index in [1.54, 1.807) is 16.7 Å². The van der Waals surface area contributed by atoms with Crippen molar-refractivity contribution in [2.24, 2.45) is 11.3 Å². The number of halogens is 3. The summed E-state index contributed by atoms with van der Waals surface area (Å²) >= 11 is 0. The lowest BCUT2D eigenvalue weighted by Crippen LogP contribution is -2.46. The molecule has 1 atom stereocenters. The summed E-state index contributed by atoms with van der Waals surface area (Å²) < 4.78 is 53.7. The molecule has 3 aliphatic carbocycles. The summed E-state index contributed by atoms with van der Waals surface area (Å²) in [4.78, 5) is 37.8. The number of aromatic nitrogens is 3. The Morgan fingerprint density at radius 2 is 2.02 bits per heavy atom. The Labute approximate surface area is 227 Å². The second-order valence-corrected chi connectivity index (χ2v) is 10.9. The molecule has 2 N–H and O–H groups in total. The van der Waals surface area contributed by atoms with E-state index in [-0.39, 0.29) is 54.3 Å². The third kappa shape index (κ3) is 4.30. The fraction of sp³-hybridized carbons (Fsp3) is 0.556. The summed E-state index contributed by atoms with van der Waals surface area (Å²) in [6.45, 7) is 4.29. The van der Waals surface area contributed by atoms with Gasteiger partial charge in [0.15, 0.2) is 5.52 Å². The van der Waals surface area contributed by atoms with Crippen LogP contribution in [0.5, 0.6) is 5.88 Å². The number of nitrogens with one attached hydrogen (secondary N) is 2. The maximum atomic E-state index is 13.8. The maximum absolute atomic E-state index is 13.8. The molecule has 1 aliphatic heterocycles. The normalized spacial score (nSPS) is 24.3. The number of methoxy groups -OCH3 is 1. The van der Waals surface area contributed by atoms with E-state index < -0.39 is 23.5 Å². The predicted molar refractivity (Wildman–Crippen MR) is 140 cm³/mol. The molecule has 214 valence electrons. The van der Waals surface area contributed by atoms with E-state index in [2.05, 4.69) is 20.6 Å². The molecule has 2 bridgehead atoms. The van der Waals surface area contributed by atoms with Crippen LogP contribution in [-0.4, -0.2) is 65.9 Å². The number of nitrogens with zero attached hydrogens (tertiary/aromatic N) is 4. The average Bonchev–Trinajstić information content (AvgIpc) is 3.62. The number of carbonyl (C=O) groups excluding carboxylic acids is 1. The van der Waals surface area contributed by atoms with E-state index in [0.717, 1.165) is 0 Å². The molecule has 10 nitrogen and oxygen atoms in total. The number of hydrogen-bond donors (Lipinski definition) is 2. The second-order valence-electron chi connectivity index (χ2n) is 10.9. The first-order chi connectivity index (χ1) is 19.1. The van der Waals surface area contributed by atoms with Crippen molar-refractivity contribution < 1.29 is 27.1 Å². The Morgan fingerprint density at radius 1 is 1.27 bits per heavy atom. The van der Waals surface area contributed by atoms with Crippen molar-refractivity contribution in [1.29, 1.82) is 0 Å². The molecular formula is C27H31F3N6O4. The van der Waals surface area contributed by atoms with E-state index >= 15 is 0 Å². The molecule has 1 saturated heterocycles. The van der Waals surface area contributed by atoms with Crippen LogP contribution < -0.4 is 25.7 Å². The van der Waals surface area contributed by atoms with E-state index in [4.69, 9.17) is 9.15 Å². The highest BCUT2D eigenvalue weighted by Crippen LogP contribution is 2.65. The van der Waals surface area contributed by atoms with Crippen molar-refractivity contribution in [3.05, 3.63) is 34.2 Å². The van der Waals surface area contributed by atoms with Gasteiger partial charge in [0.2, 0.25) is 28.8 Å². The lowest BCUT2D eigenvalue weighted by atomic mass is 9.69. The average molecular weight is 561 g/mol. The molecule has 0 radical (unpaired) electrons. The van der Waals surface area contributed by atoms with Gasteiger partial charge in [-0.1, -0.05) is 6.92 Å². The molecule has 4 fully saturated rings. The lowest BCUT2D eigenvalue weighted by molar-refractivity contribution is -0.244. The largest absolute Gasteiger partial charge is 0.481 e. The molecule has 3 aromatic rings. The minimum Gasteiger partial charge on any atom is -0.481 e. The second kappa shape index (κ2) is 9.79. The van der Waals surface area contributed by atoms with Crippen molar-refractivity contribution in [2.75, 3.05) is 38.2 Å². The summed E-state index contributed by atoms with van der Waals surface area (Å²) in [5, 5.41) is 6.13. The molecule has 4 heterocycles. The minimum atomic E-state index is -4.27. The van der Waals surface area contributed by atoms with Gasteiger partial charge in [-0.3, -0.25) is 9.59 Å². The smallest absolute Gasteiger partial charge is 0.394 e. The number of fused-ring (bicyclic) bond motifs is 2. The van der Waals surface area contributed by atoms with E-state index in [1.165, 1.54) is 13.3 Å². The quantitative estimate of drug-likeness (QED) is 0.454. The monoisotopic (exact) mass is 560 g/mol. The third-order valence-corrected chi connectivity index (χ3v) is 8.58. The van der Waals surface area contributed by atoms with Crippen molar-refractivity contribution in [2.45, 2.75) is 51.4 Å². The highest BCUT2D eigenvalue weighted by molar-refractivity contribution is 5.82. The molecule has 1 amide bonds. The lowest BCUT2D eigenvalue weighted by Gasteiger charge is -2.39. The number of pyridine rings is 2. The van der Waals surface area contributed by atoms with Gasteiger partial charge >= 0.3 is 6.18 Å². The van der Waals surface area contributed by atoms with Crippen molar-refractivity contribution in [3.8, 4) is 17.3 Å².